The third-order valence-electron chi connectivity index (χ3n) is 8.01. The number of aliphatic imine (C=N–C) groups is 2. The van der Waals surface area contributed by atoms with Crippen LogP contribution in [0.25, 0.3) is 54.3 Å². The molecule has 44 heavy (non-hydrogen) atoms. The maximum absolute atomic E-state index is 5.06. The number of hydrogen-bond acceptors (Lipinski definition) is 4. The average molecular weight is 563 g/mol. The molecule has 8 aromatic rings. The first-order chi connectivity index (χ1) is 21.8. The molecule has 0 radical (unpaired) electrons. The molecule has 0 bridgehead atoms. The van der Waals surface area contributed by atoms with Crippen molar-refractivity contribution in [1.82, 2.24) is 9.97 Å². The van der Waals surface area contributed by atoms with Crippen molar-refractivity contribution >= 4 is 67.0 Å². The number of hydrogen-bond donors (Lipinski definition) is 0. The Morgan fingerprint density at radius 1 is 0.432 bits per heavy atom. The van der Waals surface area contributed by atoms with Gasteiger partial charge in [-0.15, -0.1) is 0 Å². The Morgan fingerprint density at radius 3 is 1.64 bits per heavy atom. The third kappa shape index (κ3) is 4.79. The molecule has 0 aliphatic heterocycles. The lowest BCUT2D eigenvalue weighted by Gasteiger charge is -2.16. The molecule has 0 saturated carbocycles. The quantitative estimate of drug-likeness (QED) is 0.196. The van der Waals surface area contributed by atoms with E-state index < -0.39 is 0 Å². The van der Waals surface area contributed by atoms with Gasteiger partial charge in [0.1, 0.15) is 0 Å². The van der Waals surface area contributed by atoms with E-state index in [-0.39, 0.29) is 0 Å². The van der Waals surface area contributed by atoms with E-state index in [1.807, 2.05) is 55.0 Å². The second kappa shape index (κ2) is 11.0. The second-order valence-electron chi connectivity index (χ2n) is 10.8. The molecule has 0 unspecified atom stereocenters. The Bertz CT molecular complexity index is 2230. The van der Waals surface area contributed by atoms with E-state index in [0.717, 1.165) is 77.1 Å². The van der Waals surface area contributed by atoms with Crippen molar-refractivity contribution in [2.75, 3.05) is 0 Å². The highest BCUT2D eigenvalue weighted by molar-refractivity contribution is 6.13. The minimum absolute atomic E-state index is 0.807. The van der Waals surface area contributed by atoms with Gasteiger partial charge < -0.3 is 0 Å². The van der Waals surface area contributed by atoms with Crippen molar-refractivity contribution in [2.45, 2.75) is 0 Å². The summed E-state index contributed by atoms with van der Waals surface area (Å²) in [6.07, 6.45) is 5.61. The summed E-state index contributed by atoms with van der Waals surface area (Å²) in [5.74, 6) is 0. The van der Waals surface area contributed by atoms with Crippen LogP contribution in [-0.4, -0.2) is 22.4 Å². The molecule has 206 valence electrons. The van der Waals surface area contributed by atoms with E-state index in [4.69, 9.17) is 15.0 Å². The molecule has 0 fully saturated rings. The molecular weight excluding hydrogens is 536 g/mol. The van der Waals surface area contributed by atoms with E-state index >= 15 is 0 Å². The maximum atomic E-state index is 5.06. The van der Waals surface area contributed by atoms with Crippen molar-refractivity contribution in [3.8, 4) is 11.1 Å². The van der Waals surface area contributed by atoms with E-state index in [0.29, 0.717) is 0 Å². The summed E-state index contributed by atoms with van der Waals surface area (Å²) in [4.78, 5) is 19.6. The summed E-state index contributed by atoms with van der Waals surface area (Å²) in [5.41, 5.74) is 6.35. The number of fused-ring (bicyclic) bond motifs is 4. The van der Waals surface area contributed by atoms with Crippen molar-refractivity contribution < 1.29 is 0 Å². The summed E-state index contributed by atoms with van der Waals surface area (Å²) in [6.45, 7) is 0. The molecule has 6 aromatic carbocycles. The van der Waals surface area contributed by atoms with Crippen LogP contribution in [0, 0.1) is 0 Å². The molecule has 0 saturated heterocycles. The van der Waals surface area contributed by atoms with Crippen molar-refractivity contribution in [3.63, 3.8) is 0 Å². The van der Waals surface area contributed by atoms with Gasteiger partial charge >= 0.3 is 0 Å². The topological polar surface area (TPSA) is 50.5 Å². The summed E-state index contributed by atoms with van der Waals surface area (Å²) < 4.78 is 0. The Kier molecular flexibility index (Phi) is 6.43. The standard InChI is InChI=1S/C40H26N4/c1-2-13-31-24-41-33(23-30(31)12-1)26-43-38-22-19-28-10-4-7-15-35(28)40(38)39-34-14-6-3-9-27(34)18-21-37(39)42-25-32-20-17-29-11-5-8-16-36(29)44-32/h1-26H. The zero-order valence-corrected chi connectivity index (χ0v) is 23.8. The van der Waals surface area contributed by atoms with Crippen molar-refractivity contribution in [1.29, 1.82) is 0 Å². The van der Waals surface area contributed by atoms with Gasteiger partial charge in [0.15, 0.2) is 0 Å². The number of rotatable bonds is 5. The van der Waals surface area contributed by atoms with Crippen molar-refractivity contribution in [2.24, 2.45) is 9.98 Å². The first-order valence-corrected chi connectivity index (χ1v) is 14.6. The summed E-state index contributed by atoms with van der Waals surface area (Å²) >= 11 is 0. The molecule has 8 rings (SSSR count). The SMILES string of the molecule is C(=Nc1ccc2ccccc2c1-c1c(N=Cc2ccc3ccccc3n2)ccc2ccccc12)c1cc2ccccc2cn1. The molecule has 2 heterocycles. The third-order valence-corrected chi connectivity index (χ3v) is 8.01. The number of benzene rings is 6. The van der Waals surface area contributed by atoms with Crippen LogP contribution in [0.5, 0.6) is 0 Å². The summed E-state index contributed by atoms with van der Waals surface area (Å²) in [7, 11) is 0. The largest absolute Gasteiger partial charge is 0.255 e. The zero-order valence-electron chi connectivity index (χ0n) is 23.8. The van der Waals surface area contributed by atoms with Crippen LogP contribution in [0.1, 0.15) is 11.4 Å². The first-order valence-electron chi connectivity index (χ1n) is 14.6. The first kappa shape index (κ1) is 25.7. The summed E-state index contributed by atoms with van der Waals surface area (Å²) in [6, 6.07) is 47.9. The minimum Gasteiger partial charge on any atom is -0.255 e. The van der Waals surface area contributed by atoms with E-state index in [1.54, 1.807) is 0 Å². The lowest BCUT2D eigenvalue weighted by atomic mass is 9.91. The molecule has 4 heteroatoms. The lowest BCUT2D eigenvalue weighted by Crippen LogP contribution is -1.91. The Morgan fingerprint density at radius 2 is 0.955 bits per heavy atom. The van der Waals surface area contributed by atoms with Crippen LogP contribution in [0.15, 0.2) is 156 Å². The fraction of sp³-hybridized carbons (Fsp3) is 0. The number of nitrogens with zero attached hydrogens (tertiary/aromatic N) is 4. The molecule has 0 aliphatic rings. The van der Waals surface area contributed by atoms with Crippen molar-refractivity contribution in [3.05, 3.63) is 157 Å². The van der Waals surface area contributed by atoms with Gasteiger partial charge in [-0.25, -0.2) is 4.98 Å². The van der Waals surface area contributed by atoms with E-state index in [2.05, 4.69) is 108 Å². The van der Waals surface area contributed by atoms with Gasteiger partial charge in [-0.2, -0.15) is 0 Å². The lowest BCUT2D eigenvalue weighted by molar-refractivity contribution is 1.33. The van der Waals surface area contributed by atoms with Crippen LogP contribution >= 0.6 is 0 Å². The highest BCUT2D eigenvalue weighted by Gasteiger charge is 2.17. The van der Waals surface area contributed by atoms with Crippen LogP contribution in [0.3, 0.4) is 0 Å². The predicted octanol–water partition coefficient (Wildman–Crippen LogP) is 10.3. The van der Waals surface area contributed by atoms with E-state index in [1.165, 1.54) is 0 Å². The molecular formula is C40H26N4. The van der Waals surface area contributed by atoms with Crippen LogP contribution in [0.2, 0.25) is 0 Å². The maximum Gasteiger partial charge on any atom is 0.0820 e. The van der Waals surface area contributed by atoms with Gasteiger partial charge in [0.05, 0.1) is 40.7 Å². The number of para-hydroxylation sites is 1. The molecule has 4 nitrogen and oxygen atoms in total. The van der Waals surface area contributed by atoms with Gasteiger partial charge in [-0.05, 0) is 57.3 Å². The van der Waals surface area contributed by atoms with Crippen LogP contribution < -0.4 is 0 Å². The highest BCUT2D eigenvalue weighted by atomic mass is 14.8. The molecule has 0 spiro atoms. The second-order valence-corrected chi connectivity index (χ2v) is 10.8. The Hall–Kier alpha value is -6.00. The zero-order chi connectivity index (χ0) is 29.3. The molecule has 2 aromatic heterocycles. The van der Waals surface area contributed by atoms with E-state index in [9.17, 15) is 0 Å². The predicted molar refractivity (Wildman–Crippen MR) is 185 cm³/mol. The molecule has 0 atom stereocenters. The smallest absolute Gasteiger partial charge is 0.0820 e. The normalized spacial score (nSPS) is 11.9. The number of aromatic nitrogens is 2. The van der Waals surface area contributed by atoms with Gasteiger partial charge in [-0.3, -0.25) is 15.0 Å². The monoisotopic (exact) mass is 562 g/mol. The van der Waals surface area contributed by atoms with Gasteiger partial charge in [-0.1, -0.05) is 109 Å². The summed E-state index contributed by atoms with van der Waals surface area (Å²) in [5, 5.41) is 7.87. The number of pyridine rings is 2. The fourth-order valence-electron chi connectivity index (χ4n) is 5.86. The fourth-order valence-corrected chi connectivity index (χ4v) is 5.86. The molecule has 0 N–H and O–H groups in total. The Labute approximate surface area is 254 Å². The minimum atomic E-state index is 0.807. The van der Waals surface area contributed by atoms with Gasteiger partial charge in [0.2, 0.25) is 0 Å². The molecule has 0 amide bonds. The van der Waals surface area contributed by atoms with Gasteiger partial charge in [0.25, 0.3) is 0 Å². The van der Waals surface area contributed by atoms with Gasteiger partial charge in [0, 0.05) is 28.1 Å². The Balaban J connectivity index is 1.33. The highest BCUT2D eigenvalue weighted by Crippen LogP contribution is 2.45. The average Bonchev–Trinajstić information content (AvgIpc) is 3.09. The van der Waals surface area contributed by atoms with Crippen LogP contribution in [0.4, 0.5) is 11.4 Å². The van der Waals surface area contributed by atoms with Crippen LogP contribution in [-0.2, 0) is 0 Å². The molecule has 0 aliphatic carbocycles.